The second-order valence-corrected chi connectivity index (χ2v) is 3.87. The highest BCUT2D eigenvalue weighted by atomic mass is 31.1. The molecule has 0 aliphatic heterocycles. The largest absolute Gasteiger partial charge is 0.512 e. The quantitative estimate of drug-likeness (QED) is 0.352. The van der Waals surface area contributed by atoms with E-state index in [4.69, 9.17) is 4.52 Å². The molecule has 0 fully saturated rings. The van der Waals surface area contributed by atoms with E-state index in [0.717, 1.165) is 18.4 Å². The summed E-state index contributed by atoms with van der Waals surface area (Å²) in [6.45, 7) is 8.21. The van der Waals surface area contributed by atoms with Crippen molar-refractivity contribution in [2.75, 3.05) is 12.8 Å². The van der Waals surface area contributed by atoms with Gasteiger partial charge in [0.25, 0.3) is 0 Å². The lowest BCUT2D eigenvalue weighted by molar-refractivity contribution is 0.322. The van der Waals surface area contributed by atoms with E-state index in [2.05, 4.69) is 13.5 Å². The van der Waals surface area contributed by atoms with Crippen LogP contribution in [0.5, 0.6) is 0 Å². The molecule has 64 valence electrons. The van der Waals surface area contributed by atoms with E-state index < -0.39 is 8.03 Å². The minimum atomic E-state index is -1.48. The van der Waals surface area contributed by atoms with Crippen molar-refractivity contribution in [3.05, 3.63) is 12.2 Å². The van der Waals surface area contributed by atoms with Crippen LogP contribution in [0.3, 0.4) is 0 Å². The Morgan fingerprint density at radius 1 is 1.64 bits per heavy atom. The van der Waals surface area contributed by atoms with Crippen LogP contribution in [0.15, 0.2) is 12.2 Å². The van der Waals surface area contributed by atoms with Gasteiger partial charge in [-0.2, -0.15) is 0 Å². The Labute approximate surface area is 69.5 Å². The summed E-state index contributed by atoms with van der Waals surface area (Å²) in [7, 11) is -1.48. The van der Waals surface area contributed by atoms with Crippen LogP contribution >= 0.6 is 8.03 Å². The van der Waals surface area contributed by atoms with E-state index >= 15 is 0 Å². The zero-order valence-electron chi connectivity index (χ0n) is 7.30. The predicted molar refractivity (Wildman–Crippen MR) is 48.1 cm³/mol. The van der Waals surface area contributed by atoms with Crippen LogP contribution in [0.1, 0.15) is 26.7 Å². The summed E-state index contributed by atoms with van der Waals surface area (Å²) in [6, 6.07) is 0. The second kappa shape index (κ2) is 6.51. The van der Waals surface area contributed by atoms with Crippen LogP contribution in [-0.4, -0.2) is 12.8 Å². The summed E-state index contributed by atoms with van der Waals surface area (Å²) in [5, 5.41) is 0. The molecule has 2 nitrogen and oxygen atoms in total. The van der Waals surface area contributed by atoms with Gasteiger partial charge in [-0.15, -0.1) is 4.52 Å². The predicted octanol–water partition coefficient (Wildman–Crippen LogP) is 3.12. The SMILES string of the molecule is C=C(C)C[P+](=O)OCCCC. The zero-order valence-corrected chi connectivity index (χ0v) is 8.19. The molecule has 0 amide bonds. The van der Waals surface area contributed by atoms with Crippen LogP contribution < -0.4 is 0 Å². The second-order valence-electron chi connectivity index (χ2n) is 2.63. The van der Waals surface area contributed by atoms with Crippen LogP contribution in [0, 0.1) is 0 Å². The Morgan fingerprint density at radius 2 is 2.27 bits per heavy atom. The maximum Gasteiger partial charge on any atom is 0.512 e. The van der Waals surface area contributed by atoms with Gasteiger partial charge in [-0.1, -0.05) is 19.9 Å². The molecule has 11 heavy (non-hydrogen) atoms. The summed E-state index contributed by atoms with van der Waals surface area (Å²) < 4.78 is 16.0. The number of unbranched alkanes of at least 4 members (excludes halogenated alkanes) is 1. The van der Waals surface area contributed by atoms with E-state index in [1.165, 1.54) is 0 Å². The van der Waals surface area contributed by atoms with E-state index in [1.54, 1.807) is 0 Å². The first-order chi connectivity index (χ1) is 5.16. The van der Waals surface area contributed by atoms with Crippen molar-refractivity contribution in [2.24, 2.45) is 0 Å². The highest BCUT2D eigenvalue weighted by Gasteiger charge is 2.15. The lowest BCUT2D eigenvalue weighted by Crippen LogP contribution is -1.88. The van der Waals surface area contributed by atoms with Crippen LogP contribution in [0.25, 0.3) is 0 Å². The van der Waals surface area contributed by atoms with Gasteiger partial charge in [0.15, 0.2) is 6.16 Å². The van der Waals surface area contributed by atoms with Crippen molar-refractivity contribution in [3.63, 3.8) is 0 Å². The van der Waals surface area contributed by atoms with Crippen LogP contribution in [-0.2, 0) is 9.09 Å². The van der Waals surface area contributed by atoms with E-state index in [-0.39, 0.29) is 0 Å². The van der Waals surface area contributed by atoms with Crippen molar-refractivity contribution in [1.82, 2.24) is 0 Å². The van der Waals surface area contributed by atoms with Crippen molar-refractivity contribution < 1.29 is 9.09 Å². The molecule has 1 unspecified atom stereocenters. The molecule has 0 aliphatic rings. The zero-order chi connectivity index (χ0) is 8.69. The topological polar surface area (TPSA) is 26.3 Å². The lowest BCUT2D eigenvalue weighted by Gasteiger charge is -1.89. The van der Waals surface area contributed by atoms with E-state index in [0.29, 0.717) is 12.8 Å². The molecule has 0 heterocycles. The van der Waals surface area contributed by atoms with Gasteiger partial charge in [0.05, 0.1) is 0 Å². The maximum atomic E-state index is 11.0. The Bertz CT molecular complexity index is 143. The number of allylic oxidation sites excluding steroid dienone is 1. The smallest absolute Gasteiger partial charge is 0.146 e. The molecule has 0 aromatic rings. The summed E-state index contributed by atoms with van der Waals surface area (Å²) >= 11 is 0. The van der Waals surface area contributed by atoms with Gasteiger partial charge in [0, 0.05) is 0 Å². The first kappa shape index (κ1) is 10.8. The Balaban J connectivity index is 3.30. The fourth-order valence-electron chi connectivity index (χ4n) is 0.577. The molecule has 1 atom stereocenters. The van der Waals surface area contributed by atoms with Gasteiger partial charge < -0.3 is 0 Å². The van der Waals surface area contributed by atoms with Gasteiger partial charge >= 0.3 is 8.03 Å². The molecule has 3 heteroatoms. The first-order valence-corrected chi connectivity index (χ1v) is 5.25. The third-order valence-corrected chi connectivity index (χ3v) is 2.40. The van der Waals surface area contributed by atoms with Crippen LogP contribution in [0.4, 0.5) is 0 Å². The lowest BCUT2D eigenvalue weighted by atomic mass is 10.4. The number of hydrogen-bond donors (Lipinski definition) is 0. The average molecular weight is 175 g/mol. The molecular formula is C8H16O2P+. The highest BCUT2D eigenvalue weighted by molar-refractivity contribution is 7.39. The monoisotopic (exact) mass is 175 g/mol. The summed E-state index contributed by atoms with van der Waals surface area (Å²) in [6.07, 6.45) is 2.56. The Kier molecular flexibility index (Phi) is 6.39. The van der Waals surface area contributed by atoms with Crippen molar-refractivity contribution >= 4 is 8.03 Å². The minimum absolute atomic E-state index is 0.499. The molecule has 0 saturated carbocycles. The maximum absolute atomic E-state index is 11.0. The summed E-state index contributed by atoms with van der Waals surface area (Å²) in [4.78, 5) is 0. The third kappa shape index (κ3) is 7.70. The standard InChI is InChI=1S/C8H16O2P/c1-4-5-6-10-11(9)7-8(2)3/h2,4-7H2,1,3H3/q+1. The van der Waals surface area contributed by atoms with Gasteiger partial charge in [-0.25, -0.2) is 0 Å². The molecule has 0 aromatic heterocycles. The highest BCUT2D eigenvalue weighted by Crippen LogP contribution is 2.24. The summed E-state index contributed by atoms with van der Waals surface area (Å²) in [5.41, 5.74) is 0.919. The molecule has 0 bridgehead atoms. The molecule has 0 N–H and O–H groups in total. The molecule has 0 spiro atoms. The molecule has 0 rings (SSSR count). The first-order valence-electron chi connectivity index (χ1n) is 3.88. The number of hydrogen-bond acceptors (Lipinski definition) is 2. The van der Waals surface area contributed by atoms with Gasteiger partial charge in [-0.05, 0) is 23.5 Å². The van der Waals surface area contributed by atoms with Crippen molar-refractivity contribution in [1.29, 1.82) is 0 Å². The molecule has 0 aliphatic carbocycles. The average Bonchev–Trinajstić information content (AvgIpc) is 1.86. The third-order valence-electron chi connectivity index (χ3n) is 1.13. The summed E-state index contributed by atoms with van der Waals surface area (Å²) in [5.74, 6) is 0. The fraction of sp³-hybridized carbons (Fsp3) is 0.750. The molecule has 0 radical (unpaired) electrons. The van der Waals surface area contributed by atoms with Crippen molar-refractivity contribution in [3.8, 4) is 0 Å². The molecule has 0 saturated heterocycles. The Hall–Kier alpha value is -0.200. The van der Waals surface area contributed by atoms with Crippen LogP contribution in [0.2, 0.25) is 0 Å². The van der Waals surface area contributed by atoms with Gasteiger partial charge in [0.1, 0.15) is 6.61 Å². The van der Waals surface area contributed by atoms with E-state index in [9.17, 15) is 4.57 Å². The normalized spacial score (nSPS) is 11.3. The van der Waals surface area contributed by atoms with Gasteiger partial charge in [-0.3, -0.25) is 0 Å². The van der Waals surface area contributed by atoms with E-state index in [1.807, 2.05) is 6.92 Å². The minimum Gasteiger partial charge on any atom is -0.146 e. The van der Waals surface area contributed by atoms with Gasteiger partial charge in [0.2, 0.25) is 0 Å². The van der Waals surface area contributed by atoms with Crippen molar-refractivity contribution in [2.45, 2.75) is 26.7 Å². The molecule has 0 aromatic carbocycles. The molecular weight excluding hydrogens is 159 g/mol. The Morgan fingerprint density at radius 3 is 2.73 bits per heavy atom. The number of rotatable bonds is 6. The fourth-order valence-corrected chi connectivity index (χ4v) is 1.44.